The third kappa shape index (κ3) is 7.80. The van der Waals surface area contributed by atoms with Crippen LogP contribution < -0.4 is 5.32 Å². The minimum absolute atomic E-state index is 0.405. The summed E-state index contributed by atoms with van der Waals surface area (Å²) in [6.45, 7) is 11.3. The van der Waals surface area contributed by atoms with Crippen LogP contribution in [0, 0.1) is 0 Å². The number of azo groups is 1. The molecule has 0 fully saturated rings. The number of nitrogens with zero attached hydrogens (tertiary/aromatic N) is 2. The van der Waals surface area contributed by atoms with Crippen molar-refractivity contribution in [1.29, 1.82) is 0 Å². The molecule has 2 rings (SSSR count). The molecule has 0 bridgehead atoms. The Morgan fingerprint density at radius 3 is 1.97 bits per heavy atom. The first-order valence-electron chi connectivity index (χ1n) is 10.5. The Bertz CT molecular complexity index is 926. The van der Waals surface area contributed by atoms with Gasteiger partial charge in [0.25, 0.3) is 0 Å². The van der Waals surface area contributed by atoms with E-state index in [1.807, 2.05) is 71.9 Å². The van der Waals surface area contributed by atoms with Crippen molar-refractivity contribution in [1.82, 2.24) is 5.32 Å². The van der Waals surface area contributed by atoms with Crippen LogP contribution >= 0.6 is 0 Å². The maximum atomic E-state index is 12.7. The number of benzene rings is 2. The second-order valence-electron chi connectivity index (χ2n) is 9.48. The van der Waals surface area contributed by atoms with Gasteiger partial charge in [-0.3, -0.25) is 0 Å². The van der Waals surface area contributed by atoms with E-state index < -0.39 is 35.3 Å². The predicted octanol–water partition coefficient (Wildman–Crippen LogP) is 6.03. The summed E-state index contributed by atoms with van der Waals surface area (Å²) in [7, 11) is 1.34. The lowest BCUT2D eigenvalue weighted by molar-refractivity contribution is 0.0494. The zero-order chi connectivity index (χ0) is 23.9. The molecule has 0 spiro atoms. The van der Waals surface area contributed by atoms with Crippen LogP contribution in [-0.4, -0.2) is 30.3 Å². The molecular weight excluding hydrogens is 406 g/mol. The largest absolute Gasteiger partial charge is 0.465 e. The Balaban J connectivity index is 2.52. The number of hydrogen-bond donors (Lipinski definition) is 1. The van der Waals surface area contributed by atoms with Gasteiger partial charge in [0, 0.05) is 0 Å². The summed E-state index contributed by atoms with van der Waals surface area (Å²) in [6, 6.07) is 15.4. The van der Waals surface area contributed by atoms with Crippen molar-refractivity contribution in [3.05, 3.63) is 71.3 Å². The van der Waals surface area contributed by atoms with Crippen LogP contribution in [0.3, 0.4) is 0 Å². The summed E-state index contributed by atoms with van der Waals surface area (Å²) in [6.07, 6.45) is -0.548. The fourth-order valence-electron chi connectivity index (χ4n) is 2.93. The number of methoxy groups -OCH3 is 1. The number of esters is 1. The van der Waals surface area contributed by atoms with Gasteiger partial charge < -0.3 is 14.8 Å². The number of amides is 1. The third-order valence-corrected chi connectivity index (χ3v) is 4.30. The first kappa shape index (κ1) is 25.0. The molecule has 0 aliphatic heterocycles. The highest BCUT2D eigenvalue weighted by atomic mass is 16.6. The van der Waals surface area contributed by atoms with Crippen molar-refractivity contribution in [2.24, 2.45) is 10.2 Å². The average Bonchev–Trinajstić information content (AvgIpc) is 2.71. The highest BCUT2D eigenvalue weighted by Gasteiger charge is 2.29. The Hall–Kier alpha value is -3.22. The van der Waals surface area contributed by atoms with E-state index in [0.717, 1.165) is 11.1 Å². The second kappa shape index (κ2) is 10.4. The smallest absolute Gasteiger partial charge is 0.408 e. The van der Waals surface area contributed by atoms with Crippen LogP contribution in [0.2, 0.25) is 0 Å². The fraction of sp³-hybridized carbons (Fsp3) is 0.440. The molecule has 2 aromatic carbocycles. The number of carbonyl (C=O) groups is 2. The van der Waals surface area contributed by atoms with E-state index >= 15 is 0 Å². The van der Waals surface area contributed by atoms with Crippen LogP contribution in [-0.2, 0) is 9.47 Å². The van der Waals surface area contributed by atoms with E-state index in [0.29, 0.717) is 5.56 Å². The van der Waals surface area contributed by atoms with Crippen molar-refractivity contribution in [3.8, 4) is 0 Å². The Labute approximate surface area is 190 Å². The number of alkyl carbamates (subject to hydrolysis) is 1. The molecule has 172 valence electrons. The molecule has 2 atom stereocenters. The average molecular weight is 440 g/mol. The number of nitrogens with one attached hydrogen (secondary N) is 1. The Kier molecular flexibility index (Phi) is 8.14. The van der Waals surface area contributed by atoms with Crippen molar-refractivity contribution in [2.45, 2.75) is 64.8 Å². The van der Waals surface area contributed by atoms with E-state index in [-0.39, 0.29) is 0 Å². The molecule has 0 aliphatic carbocycles. The third-order valence-electron chi connectivity index (χ3n) is 4.30. The maximum absolute atomic E-state index is 12.7. The van der Waals surface area contributed by atoms with Gasteiger partial charge in [0.1, 0.15) is 11.6 Å². The second-order valence-corrected chi connectivity index (χ2v) is 9.48. The Morgan fingerprint density at radius 2 is 1.47 bits per heavy atom. The molecular formula is C25H33N3O4. The monoisotopic (exact) mass is 439 g/mol. The van der Waals surface area contributed by atoms with Gasteiger partial charge in [0.15, 0.2) is 0 Å². The molecule has 7 heteroatoms. The summed E-state index contributed by atoms with van der Waals surface area (Å²) >= 11 is 0. The number of rotatable bonds is 6. The minimum Gasteiger partial charge on any atom is -0.465 e. The van der Waals surface area contributed by atoms with E-state index in [4.69, 9.17) is 9.47 Å². The highest BCUT2D eigenvalue weighted by molar-refractivity contribution is 5.89. The van der Waals surface area contributed by atoms with E-state index in [2.05, 4.69) is 15.5 Å². The molecule has 1 amide bonds. The van der Waals surface area contributed by atoms with E-state index in [1.165, 1.54) is 7.11 Å². The van der Waals surface area contributed by atoms with Crippen molar-refractivity contribution in [3.63, 3.8) is 0 Å². The van der Waals surface area contributed by atoms with Crippen LogP contribution in [0.15, 0.2) is 64.8 Å². The lowest BCUT2D eigenvalue weighted by Crippen LogP contribution is -2.37. The summed E-state index contributed by atoms with van der Waals surface area (Å²) in [5.74, 6) is -0.420. The van der Waals surface area contributed by atoms with Crippen LogP contribution in [0.1, 0.15) is 75.1 Å². The van der Waals surface area contributed by atoms with Crippen molar-refractivity contribution < 1.29 is 19.1 Å². The minimum atomic E-state index is -0.643. The fourth-order valence-corrected chi connectivity index (χ4v) is 2.93. The molecule has 0 unspecified atom stereocenters. The topological polar surface area (TPSA) is 89.4 Å². The molecule has 32 heavy (non-hydrogen) atoms. The molecule has 0 aliphatic rings. The van der Waals surface area contributed by atoms with Crippen LogP contribution in [0.5, 0.6) is 0 Å². The van der Waals surface area contributed by atoms with Gasteiger partial charge in [-0.05, 0) is 64.8 Å². The molecule has 2 aromatic rings. The first-order chi connectivity index (χ1) is 14.9. The van der Waals surface area contributed by atoms with Gasteiger partial charge in [0.05, 0.1) is 24.3 Å². The molecule has 0 saturated carbocycles. The summed E-state index contributed by atoms with van der Waals surface area (Å²) < 4.78 is 10.3. The SMILES string of the molecule is COC(=O)c1ccc([C@H](N=NC(C)(C)C)[C@H](NC(=O)OC(C)(C)C)c2ccccc2)cc1. The molecule has 0 heterocycles. The number of ether oxygens (including phenoxy) is 2. The molecule has 0 aromatic heterocycles. The zero-order valence-electron chi connectivity index (χ0n) is 19.9. The van der Waals surface area contributed by atoms with Crippen LogP contribution in [0.25, 0.3) is 0 Å². The van der Waals surface area contributed by atoms with Crippen LogP contribution in [0.4, 0.5) is 4.79 Å². The van der Waals surface area contributed by atoms with Gasteiger partial charge in [-0.25, -0.2) is 9.59 Å². The number of carbonyl (C=O) groups excluding carboxylic acids is 2. The van der Waals surface area contributed by atoms with Gasteiger partial charge in [-0.1, -0.05) is 42.5 Å². The lowest BCUT2D eigenvalue weighted by Gasteiger charge is -2.28. The molecule has 0 radical (unpaired) electrons. The first-order valence-corrected chi connectivity index (χ1v) is 10.5. The zero-order valence-corrected chi connectivity index (χ0v) is 19.9. The van der Waals surface area contributed by atoms with Gasteiger partial charge in [0.2, 0.25) is 0 Å². The van der Waals surface area contributed by atoms with Crippen molar-refractivity contribution in [2.75, 3.05) is 7.11 Å². The van der Waals surface area contributed by atoms with Gasteiger partial charge in [-0.2, -0.15) is 10.2 Å². The summed E-state index contributed by atoms with van der Waals surface area (Å²) in [5.41, 5.74) is 1.02. The standard InChI is InChI=1S/C25H33N3O4/c1-24(2,3)28-27-21(18-13-15-19(16-14-18)22(29)31-7)20(17-11-9-8-10-12-17)26-23(30)32-25(4,5)6/h8-16,20-21H,1-7H3,(H,26,30)/t20-,21+/m1/s1. The quantitative estimate of drug-likeness (QED) is 0.439. The number of hydrogen-bond acceptors (Lipinski definition) is 6. The lowest BCUT2D eigenvalue weighted by atomic mass is 9.93. The Morgan fingerprint density at radius 1 is 0.875 bits per heavy atom. The molecule has 1 N–H and O–H groups in total. The maximum Gasteiger partial charge on any atom is 0.408 e. The normalized spacial score (nSPS) is 14.0. The predicted molar refractivity (Wildman–Crippen MR) is 124 cm³/mol. The molecule has 7 nitrogen and oxygen atoms in total. The summed E-state index contributed by atoms with van der Waals surface area (Å²) in [4.78, 5) is 24.5. The summed E-state index contributed by atoms with van der Waals surface area (Å²) in [5, 5.41) is 12.1. The molecule has 0 saturated heterocycles. The highest BCUT2D eigenvalue weighted by Crippen LogP contribution is 2.34. The van der Waals surface area contributed by atoms with E-state index in [9.17, 15) is 9.59 Å². The van der Waals surface area contributed by atoms with Gasteiger partial charge in [-0.15, -0.1) is 0 Å². The van der Waals surface area contributed by atoms with Gasteiger partial charge >= 0.3 is 12.1 Å². The van der Waals surface area contributed by atoms with Crippen molar-refractivity contribution >= 4 is 12.1 Å². The van der Waals surface area contributed by atoms with E-state index in [1.54, 1.807) is 24.3 Å².